The smallest absolute Gasteiger partial charge is 0.108 e. The predicted molar refractivity (Wildman–Crippen MR) is 86.3 cm³/mol. The topological polar surface area (TPSA) is 38.0 Å². The summed E-state index contributed by atoms with van der Waals surface area (Å²) in [7, 11) is 0. The summed E-state index contributed by atoms with van der Waals surface area (Å²) in [6.07, 6.45) is 5.26. The van der Waals surface area contributed by atoms with Crippen LogP contribution in [0.25, 0.3) is 0 Å². The largest absolute Gasteiger partial charge is 0.387 e. The van der Waals surface area contributed by atoms with Gasteiger partial charge in [-0.1, -0.05) is 52.0 Å². The van der Waals surface area contributed by atoms with E-state index in [9.17, 15) is 5.11 Å². The fourth-order valence-electron chi connectivity index (χ4n) is 2.46. The van der Waals surface area contributed by atoms with Gasteiger partial charge in [-0.05, 0) is 23.0 Å². The third-order valence-electron chi connectivity index (χ3n) is 3.81. The van der Waals surface area contributed by atoms with Gasteiger partial charge in [-0.2, -0.15) is 0 Å². The zero-order chi connectivity index (χ0) is 15.5. The van der Waals surface area contributed by atoms with Crippen LogP contribution in [0.2, 0.25) is 0 Å². The molecule has 1 N–H and O–H groups in total. The van der Waals surface area contributed by atoms with Crippen LogP contribution in [0.4, 0.5) is 0 Å². The van der Waals surface area contributed by atoms with Gasteiger partial charge in [0.15, 0.2) is 0 Å². The zero-order valence-electron chi connectivity index (χ0n) is 13.5. The highest BCUT2D eigenvalue weighted by Gasteiger charge is 2.15. The van der Waals surface area contributed by atoms with Gasteiger partial charge < -0.3 is 9.67 Å². The maximum Gasteiger partial charge on any atom is 0.108 e. The van der Waals surface area contributed by atoms with E-state index in [4.69, 9.17) is 0 Å². The number of hydrogen-bond donors (Lipinski definition) is 1. The highest BCUT2D eigenvalue weighted by Crippen LogP contribution is 2.24. The fourth-order valence-corrected chi connectivity index (χ4v) is 2.46. The van der Waals surface area contributed by atoms with Crippen LogP contribution in [0, 0.1) is 0 Å². The molecule has 1 aromatic carbocycles. The zero-order valence-corrected chi connectivity index (χ0v) is 13.5. The van der Waals surface area contributed by atoms with Gasteiger partial charge in [0.25, 0.3) is 0 Å². The van der Waals surface area contributed by atoms with Crippen LogP contribution in [-0.2, 0) is 18.4 Å². The van der Waals surface area contributed by atoms with Crippen LogP contribution in [0.3, 0.4) is 0 Å². The second-order valence-corrected chi connectivity index (χ2v) is 6.63. The third kappa shape index (κ3) is 3.94. The van der Waals surface area contributed by atoms with Crippen LogP contribution in [0.5, 0.6) is 0 Å². The molecular formula is C18H26N2O. The first-order valence-corrected chi connectivity index (χ1v) is 7.70. The number of benzene rings is 1. The van der Waals surface area contributed by atoms with Crippen molar-refractivity contribution in [3.05, 3.63) is 53.6 Å². The number of aliphatic hydroxyl groups excluding tert-OH is 1. The number of aryl methyl sites for hydroxylation is 1. The minimum Gasteiger partial charge on any atom is -0.387 e. The van der Waals surface area contributed by atoms with E-state index in [1.807, 2.05) is 22.9 Å². The Morgan fingerprint density at radius 2 is 1.86 bits per heavy atom. The van der Waals surface area contributed by atoms with E-state index in [2.05, 4.69) is 44.8 Å². The Labute approximate surface area is 127 Å². The molecule has 0 bridgehead atoms. The van der Waals surface area contributed by atoms with E-state index in [0.717, 1.165) is 24.2 Å². The molecule has 2 aromatic rings. The summed E-state index contributed by atoms with van der Waals surface area (Å²) >= 11 is 0. The highest BCUT2D eigenvalue weighted by molar-refractivity contribution is 5.28. The molecule has 0 aliphatic rings. The minimum atomic E-state index is -0.496. The molecule has 114 valence electrons. The SMILES string of the molecule is CCCc1nccn1CC(O)c1ccc(C(C)(C)C)cc1. The third-order valence-corrected chi connectivity index (χ3v) is 3.81. The van der Waals surface area contributed by atoms with Gasteiger partial charge in [0, 0.05) is 18.8 Å². The molecule has 0 amide bonds. The Bertz CT molecular complexity index is 564. The summed E-state index contributed by atoms with van der Waals surface area (Å²) in [6.45, 7) is 9.29. The summed E-state index contributed by atoms with van der Waals surface area (Å²) in [6, 6.07) is 8.28. The van der Waals surface area contributed by atoms with Crippen molar-refractivity contribution in [2.75, 3.05) is 0 Å². The van der Waals surface area contributed by atoms with E-state index in [0.29, 0.717) is 6.54 Å². The summed E-state index contributed by atoms with van der Waals surface area (Å²) in [4.78, 5) is 4.35. The van der Waals surface area contributed by atoms with Crippen molar-refractivity contribution in [1.82, 2.24) is 9.55 Å². The molecule has 1 aromatic heterocycles. The number of imidazole rings is 1. The normalized spacial score (nSPS) is 13.4. The maximum atomic E-state index is 10.4. The average Bonchev–Trinajstić information content (AvgIpc) is 2.86. The average molecular weight is 286 g/mol. The van der Waals surface area contributed by atoms with Gasteiger partial charge in [-0.15, -0.1) is 0 Å². The quantitative estimate of drug-likeness (QED) is 0.906. The van der Waals surface area contributed by atoms with E-state index in [1.54, 1.807) is 6.20 Å². The maximum absolute atomic E-state index is 10.4. The number of hydrogen-bond acceptors (Lipinski definition) is 2. The molecule has 1 heterocycles. The Hall–Kier alpha value is -1.61. The number of aromatic nitrogens is 2. The van der Waals surface area contributed by atoms with Crippen LogP contribution < -0.4 is 0 Å². The lowest BCUT2D eigenvalue weighted by atomic mass is 9.86. The Balaban J connectivity index is 2.09. The molecule has 21 heavy (non-hydrogen) atoms. The van der Waals surface area contributed by atoms with Crippen molar-refractivity contribution >= 4 is 0 Å². The first-order chi connectivity index (χ1) is 9.91. The van der Waals surface area contributed by atoms with Crippen LogP contribution >= 0.6 is 0 Å². The molecular weight excluding hydrogens is 260 g/mol. The lowest BCUT2D eigenvalue weighted by Crippen LogP contribution is -2.13. The Morgan fingerprint density at radius 3 is 2.43 bits per heavy atom. The first-order valence-electron chi connectivity index (χ1n) is 7.70. The molecule has 3 nitrogen and oxygen atoms in total. The first kappa shape index (κ1) is 15.8. The van der Waals surface area contributed by atoms with Crippen LogP contribution in [0.1, 0.15) is 57.2 Å². The molecule has 0 radical (unpaired) electrons. The van der Waals surface area contributed by atoms with Crippen LogP contribution in [0.15, 0.2) is 36.7 Å². The molecule has 2 rings (SSSR count). The number of nitrogens with zero attached hydrogens (tertiary/aromatic N) is 2. The molecule has 0 spiro atoms. The second kappa shape index (κ2) is 6.44. The number of aliphatic hydroxyl groups is 1. The van der Waals surface area contributed by atoms with E-state index in [-0.39, 0.29) is 5.41 Å². The second-order valence-electron chi connectivity index (χ2n) is 6.63. The molecule has 1 unspecified atom stereocenters. The lowest BCUT2D eigenvalue weighted by molar-refractivity contribution is 0.155. The standard InChI is InChI=1S/C18H26N2O/c1-5-6-17-19-11-12-20(17)13-16(21)14-7-9-15(10-8-14)18(2,3)4/h7-12,16,21H,5-6,13H2,1-4H3. The Kier molecular flexibility index (Phi) is 4.84. The molecule has 1 atom stereocenters. The summed E-state index contributed by atoms with van der Waals surface area (Å²) in [5, 5.41) is 10.4. The van der Waals surface area contributed by atoms with Crippen molar-refractivity contribution in [2.45, 2.75) is 58.6 Å². The lowest BCUT2D eigenvalue weighted by Gasteiger charge is -2.20. The summed E-state index contributed by atoms with van der Waals surface area (Å²) in [5.41, 5.74) is 2.38. The fraction of sp³-hybridized carbons (Fsp3) is 0.500. The van der Waals surface area contributed by atoms with E-state index < -0.39 is 6.10 Å². The van der Waals surface area contributed by atoms with Gasteiger partial charge in [0.05, 0.1) is 12.6 Å². The summed E-state index contributed by atoms with van der Waals surface area (Å²) in [5.74, 6) is 1.04. The van der Waals surface area contributed by atoms with Gasteiger partial charge >= 0.3 is 0 Å². The minimum absolute atomic E-state index is 0.141. The monoisotopic (exact) mass is 286 g/mol. The van der Waals surface area contributed by atoms with Gasteiger partial charge in [-0.25, -0.2) is 4.98 Å². The van der Waals surface area contributed by atoms with Crippen molar-refractivity contribution in [1.29, 1.82) is 0 Å². The molecule has 0 aliphatic carbocycles. The highest BCUT2D eigenvalue weighted by atomic mass is 16.3. The van der Waals surface area contributed by atoms with Crippen LogP contribution in [-0.4, -0.2) is 14.7 Å². The van der Waals surface area contributed by atoms with E-state index in [1.165, 1.54) is 5.56 Å². The van der Waals surface area contributed by atoms with Crippen molar-refractivity contribution in [2.24, 2.45) is 0 Å². The Morgan fingerprint density at radius 1 is 1.19 bits per heavy atom. The number of rotatable bonds is 5. The molecule has 0 saturated heterocycles. The predicted octanol–water partition coefficient (Wildman–Crippen LogP) is 3.87. The van der Waals surface area contributed by atoms with Crippen molar-refractivity contribution in [3.8, 4) is 0 Å². The van der Waals surface area contributed by atoms with Gasteiger partial charge in [0.1, 0.15) is 5.82 Å². The molecule has 0 fully saturated rings. The summed E-state index contributed by atoms with van der Waals surface area (Å²) < 4.78 is 2.05. The van der Waals surface area contributed by atoms with Gasteiger partial charge in [-0.3, -0.25) is 0 Å². The molecule has 0 saturated carbocycles. The molecule has 3 heteroatoms. The van der Waals surface area contributed by atoms with Crippen molar-refractivity contribution < 1.29 is 5.11 Å². The van der Waals surface area contributed by atoms with Crippen molar-refractivity contribution in [3.63, 3.8) is 0 Å². The van der Waals surface area contributed by atoms with Gasteiger partial charge in [0.2, 0.25) is 0 Å². The van der Waals surface area contributed by atoms with E-state index >= 15 is 0 Å². The molecule has 0 aliphatic heterocycles.